The number of benzene rings is 1. The topological polar surface area (TPSA) is 9.23 Å². The van der Waals surface area contributed by atoms with Gasteiger partial charge in [-0.1, -0.05) is 18.2 Å². The van der Waals surface area contributed by atoms with Gasteiger partial charge in [-0.3, -0.25) is 0 Å². The van der Waals surface area contributed by atoms with Gasteiger partial charge in [0.15, 0.2) is 0 Å². The molecule has 0 radical (unpaired) electrons. The highest BCUT2D eigenvalue weighted by molar-refractivity contribution is 5.27. The van der Waals surface area contributed by atoms with Gasteiger partial charge in [-0.2, -0.15) is 0 Å². The van der Waals surface area contributed by atoms with Gasteiger partial charge in [0.1, 0.15) is 5.82 Å². The average Bonchev–Trinajstić information content (AvgIpc) is 2.67. The quantitative estimate of drug-likeness (QED) is 0.526. The zero-order valence-electron chi connectivity index (χ0n) is 15.7. The molecule has 0 amide bonds. The van der Waals surface area contributed by atoms with Gasteiger partial charge in [0.2, 0.25) is 0 Å². The Bertz CT molecular complexity index is 551. The third kappa shape index (κ3) is 4.73. The first-order chi connectivity index (χ1) is 12.2. The third-order valence-corrected chi connectivity index (χ3v) is 6.60. The number of ether oxygens (including phenoxy) is 1. The van der Waals surface area contributed by atoms with Crippen LogP contribution in [0.2, 0.25) is 0 Å². The van der Waals surface area contributed by atoms with E-state index in [0.29, 0.717) is 24.7 Å². The Kier molecular flexibility index (Phi) is 6.70. The zero-order chi connectivity index (χ0) is 17.6. The van der Waals surface area contributed by atoms with E-state index in [1.165, 1.54) is 56.9 Å². The second-order valence-corrected chi connectivity index (χ2v) is 8.01. The first-order valence-corrected chi connectivity index (χ1v) is 10.2. The molecule has 2 aliphatic rings. The number of halogens is 1. The Balaban J connectivity index is 1.52. The lowest BCUT2D eigenvalue weighted by atomic mass is 9.68. The molecule has 2 fully saturated rings. The van der Waals surface area contributed by atoms with E-state index in [4.69, 9.17) is 4.74 Å². The highest BCUT2D eigenvalue weighted by Crippen LogP contribution is 2.44. The molecule has 1 aromatic rings. The summed E-state index contributed by atoms with van der Waals surface area (Å²) in [4.78, 5) is 0. The molecule has 0 aliphatic heterocycles. The Morgan fingerprint density at radius 1 is 1.04 bits per heavy atom. The minimum absolute atomic E-state index is 0.101. The zero-order valence-corrected chi connectivity index (χ0v) is 15.7. The fraction of sp³-hybridized carbons (Fsp3) is 0.652. The fourth-order valence-electron chi connectivity index (χ4n) is 4.92. The summed E-state index contributed by atoms with van der Waals surface area (Å²) in [6.45, 7) is 6.90. The van der Waals surface area contributed by atoms with Crippen LogP contribution in [0.25, 0.3) is 0 Å². The summed E-state index contributed by atoms with van der Waals surface area (Å²) < 4.78 is 19.6. The molecular formula is C23H33FO. The van der Waals surface area contributed by atoms with Crippen molar-refractivity contribution in [1.29, 1.82) is 0 Å². The maximum Gasteiger partial charge on any atom is 0.129 e. The van der Waals surface area contributed by atoms with Crippen LogP contribution in [-0.2, 0) is 11.3 Å². The SMILES string of the molecule is C=C[C@H]1CC[C@H]([C@H]2CC[C@H](c3ccc(COCC)c(F)c3)CC2)CC1. The van der Waals surface area contributed by atoms with E-state index >= 15 is 0 Å². The van der Waals surface area contributed by atoms with E-state index in [1.54, 1.807) is 6.07 Å². The molecule has 138 valence electrons. The maximum atomic E-state index is 14.3. The maximum absolute atomic E-state index is 14.3. The smallest absolute Gasteiger partial charge is 0.129 e. The highest BCUT2D eigenvalue weighted by Gasteiger charge is 2.30. The predicted octanol–water partition coefficient (Wildman–Crippen LogP) is 6.63. The normalized spacial score (nSPS) is 30.2. The van der Waals surface area contributed by atoms with E-state index in [1.807, 2.05) is 13.0 Å². The monoisotopic (exact) mass is 344 g/mol. The second kappa shape index (κ2) is 8.98. The highest BCUT2D eigenvalue weighted by atomic mass is 19.1. The molecule has 2 heteroatoms. The third-order valence-electron chi connectivity index (χ3n) is 6.60. The summed E-state index contributed by atoms with van der Waals surface area (Å²) in [6, 6.07) is 5.80. The molecule has 0 heterocycles. The van der Waals surface area contributed by atoms with E-state index in [2.05, 4.69) is 18.7 Å². The van der Waals surface area contributed by atoms with Crippen molar-refractivity contribution < 1.29 is 9.13 Å². The summed E-state index contributed by atoms with van der Waals surface area (Å²) in [5.41, 5.74) is 1.87. The summed E-state index contributed by atoms with van der Waals surface area (Å²) in [6.07, 6.45) is 12.6. The van der Waals surface area contributed by atoms with Crippen LogP contribution in [0, 0.1) is 23.6 Å². The van der Waals surface area contributed by atoms with Crippen LogP contribution in [0.1, 0.15) is 75.3 Å². The Hall–Kier alpha value is -1.15. The van der Waals surface area contributed by atoms with Gasteiger partial charge in [-0.15, -0.1) is 6.58 Å². The molecule has 0 bridgehead atoms. The van der Waals surface area contributed by atoms with Crippen LogP contribution in [0.5, 0.6) is 0 Å². The number of allylic oxidation sites excluding steroid dienone is 1. The molecule has 0 saturated heterocycles. The van der Waals surface area contributed by atoms with E-state index in [0.717, 1.165) is 17.8 Å². The van der Waals surface area contributed by atoms with Crippen LogP contribution in [0.15, 0.2) is 30.9 Å². The van der Waals surface area contributed by atoms with Crippen LogP contribution < -0.4 is 0 Å². The molecule has 3 rings (SSSR count). The molecule has 2 saturated carbocycles. The molecule has 0 spiro atoms. The van der Waals surface area contributed by atoms with E-state index in [9.17, 15) is 4.39 Å². The fourth-order valence-corrected chi connectivity index (χ4v) is 4.92. The largest absolute Gasteiger partial charge is 0.377 e. The number of hydrogen-bond donors (Lipinski definition) is 0. The summed E-state index contributed by atoms with van der Waals surface area (Å²) in [5, 5.41) is 0. The van der Waals surface area contributed by atoms with Crippen molar-refractivity contribution in [3.63, 3.8) is 0 Å². The van der Waals surface area contributed by atoms with Crippen LogP contribution in [0.4, 0.5) is 4.39 Å². The van der Waals surface area contributed by atoms with Gasteiger partial charge in [-0.05, 0) is 93.6 Å². The van der Waals surface area contributed by atoms with Crippen LogP contribution in [0.3, 0.4) is 0 Å². The second-order valence-electron chi connectivity index (χ2n) is 8.01. The Morgan fingerprint density at radius 2 is 1.68 bits per heavy atom. The van der Waals surface area contributed by atoms with Crippen molar-refractivity contribution in [3.05, 3.63) is 47.8 Å². The molecule has 0 aromatic heterocycles. The van der Waals surface area contributed by atoms with Gasteiger partial charge < -0.3 is 4.74 Å². The molecule has 1 nitrogen and oxygen atoms in total. The minimum Gasteiger partial charge on any atom is -0.377 e. The molecule has 0 atom stereocenters. The lowest BCUT2D eigenvalue weighted by molar-refractivity contribution is 0.131. The molecular weight excluding hydrogens is 311 g/mol. The molecule has 25 heavy (non-hydrogen) atoms. The molecule has 0 unspecified atom stereocenters. The lowest BCUT2D eigenvalue weighted by Crippen LogP contribution is -2.25. The van der Waals surface area contributed by atoms with Crippen molar-refractivity contribution in [2.24, 2.45) is 17.8 Å². The van der Waals surface area contributed by atoms with Gasteiger partial charge in [0, 0.05) is 12.2 Å². The summed E-state index contributed by atoms with van der Waals surface area (Å²) >= 11 is 0. The van der Waals surface area contributed by atoms with Crippen molar-refractivity contribution in [2.45, 2.75) is 70.8 Å². The van der Waals surface area contributed by atoms with Gasteiger partial charge in [-0.25, -0.2) is 4.39 Å². The Labute approximate surface area is 152 Å². The number of hydrogen-bond acceptors (Lipinski definition) is 1. The summed E-state index contributed by atoms with van der Waals surface area (Å²) in [7, 11) is 0. The van der Waals surface area contributed by atoms with Crippen LogP contribution in [-0.4, -0.2) is 6.61 Å². The van der Waals surface area contributed by atoms with E-state index < -0.39 is 0 Å². The van der Waals surface area contributed by atoms with Crippen molar-refractivity contribution in [2.75, 3.05) is 6.61 Å². The van der Waals surface area contributed by atoms with Gasteiger partial charge in [0.25, 0.3) is 0 Å². The standard InChI is InChI=1S/C23H33FO/c1-3-17-5-7-18(8-6-17)19-9-11-20(12-10-19)21-13-14-22(16-25-4-2)23(24)15-21/h3,13-15,17-20H,1,4-12,16H2,2H3/t17-,18-,19-,20-. The lowest BCUT2D eigenvalue weighted by Gasteiger charge is -2.37. The minimum atomic E-state index is -0.101. The first kappa shape index (κ1) is 18.6. The van der Waals surface area contributed by atoms with Gasteiger partial charge >= 0.3 is 0 Å². The summed E-state index contributed by atoms with van der Waals surface area (Å²) in [5.74, 6) is 3.00. The molecule has 0 N–H and O–H groups in total. The number of rotatable bonds is 6. The average molecular weight is 345 g/mol. The van der Waals surface area contributed by atoms with E-state index in [-0.39, 0.29) is 5.82 Å². The predicted molar refractivity (Wildman–Crippen MR) is 102 cm³/mol. The molecule has 2 aliphatic carbocycles. The van der Waals surface area contributed by atoms with Crippen LogP contribution >= 0.6 is 0 Å². The molecule has 1 aromatic carbocycles. The first-order valence-electron chi connectivity index (χ1n) is 10.2. The van der Waals surface area contributed by atoms with Crippen molar-refractivity contribution in [1.82, 2.24) is 0 Å². The van der Waals surface area contributed by atoms with Crippen molar-refractivity contribution in [3.8, 4) is 0 Å². The Morgan fingerprint density at radius 3 is 2.24 bits per heavy atom. The van der Waals surface area contributed by atoms with Gasteiger partial charge in [0.05, 0.1) is 6.61 Å². The van der Waals surface area contributed by atoms with Crippen molar-refractivity contribution >= 4 is 0 Å².